The SMILES string of the molecule is CN(Cc1ccccn1)C1CCN(c2ccc(-c3cscn3)cc2)CC1. The molecule has 0 radical (unpaired) electrons. The minimum absolute atomic E-state index is 0.627. The van der Waals surface area contributed by atoms with E-state index in [4.69, 9.17) is 0 Å². The van der Waals surface area contributed by atoms with E-state index in [9.17, 15) is 0 Å². The third kappa shape index (κ3) is 3.94. The molecule has 0 bridgehead atoms. The van der Waals surface area contributed by atoms with Gasteiger partial charge in [0.05, 0.1) is 16.9 Å². The highest BCUT2D eigenvalue weighted by Gasteiger charge is 2.22. The summed E-state index contributed by atoms with van der Waals surface area (Å²) in [4.78, 5) is 13.8. The second kappa shape index (κ2) is 7.98. The Morgan fingerprint density at radius 1 is 1.08 bits per heavy atom. The first-order valence-electron chi connectivity index (χ1n) is 9.13. The molecule has 0 N–H and O–H groups in total. The Balaban J connectivity index is 1.33. The molecule has 3 aromatic rings. The van der Waals surface area contributed by atoms with Gasteiger partial charge in [0.1, 0.15) is 0 Å². The lowest BCUT2D eigenvalue weighted by atomic mass is 10.0. The summed E-state index contributed by atoms with van der Waals surface area (Å²) in [7, 11) is 2.22. The van der Waals surface area contributed by atoms with E-state index < -0.39 is 0 Å². The van der Waals surface area contributed by atoms with Crippen LogP contribution < -0.4 is 4.90 Å². The number of hydrogen-bond donors (Lipinski definition) is 0. The van der Waals surface area contributed by atoms with E-state index in [-0.39, 0.29) is 0 Å². The van der Waals surface area contributed by atoms with Crippen molar-refractivity contribution in [1.29, 1.82) is 0 Å². The third-order valence-electron chi connectivity index (χ3n) is 5.19. The summed E-state index contributed by atoms with van der Waals surface area (Å²) in [6.07, 6.45) is 4.26. The van der Waals surface area contributed by atoms with Crippen molar-refractivity contribution in [3.63, 3.8) is 0 Å². The fourth-order valence-electron chi connectivity index (χ4n) is 3.64. The number of anilines is 1. The van der Waals surface area contributed by atoms with Gasteiger partial charge in [-0.15, -0.1) is 11.3 Å². The molecule has 1 saturated heterocycles. The molecule has 0 spiro atoms. The second-order valence-corrected chi connectivity index (χ2v) is 7.59. The summed E-state index contributed by atoms with van der Waals surface area (Å²) in [5, 5.41) is 2.10. The highest BCUT2D eigenvalue weighted by Crippen LogP contribution is 2.26. The largest absolute Gasteiger partial charge is 0.371 e. The molecule has 134 valence electrons. The van der Waals surface area contributed by atoms with Crippen LogP contribution in [0, 0.1) is 0 Å². The van der Waals surface area contributed by atoms with Gasteiger partial charge >= 0.3 is 0 Å². The zero-order valence-corrected chi connectivity index (χ0v) is 15.9. The summed E-state index contributed by atoms with van der Waals surface area (Å²) < 4.78 is 0. The Labute approximate surface area is 159 Å². The van der Waals surface area contributed by atoms with E-state index in [1.54, 1.807) is 11.3 Å². The smallest absolute Gasteiger partial charge is 0.0811 e. The zero-order valence-electron chi connectivity index (χ0n) is 15.1. The number of rotatable bonds is 5. The standard InChI is InChI=1S/C21H24N4S/c1-24(14-18-4-2-3-11-22-18)19-9-12-25(13-10-19)20-7-5-17(6-8-20)21-15-26-16-23-21/h2-8,11,15-16,19H,9-10,12-14H2,1H3. The van der Waals surface area contributed by atoms with Crippen LogP contribution in [0.2, 0.25) is 0 Å². The van der Waals surface area contributed by atoms with E-state index in [0.717, 1.165) is 31.0 Å². The van der Waals surface area contributed by atoms with Crippen molar-refractivity contribution in [2.24, 2.45) is 0 Å². The number of thiazole rings is 1. The molecule has 4 rings (SSSR count). The van der Waals surface area contributed by atoms with Gasteiger partial charge in [0.2, 0.25) is 0 Å². The van der Waals surface area contributed by atoms with Gasteiger partial charge in [-0.05, 0) is 44.2 Å². The molecule has 1 aromatic carbocycles. The van der Waals surface area contributed by atoms with Crippen LogP contribution in [-0.4, -0.2) is 41.0 Å². The number of benzene rings is 1. The van der Waals surface area contributed by atoms with Crippen molar-refractivity contribution in [2.75, 3.05) is 25.0 Å². The van der Waals surface area contributed by atoms with Crippen LogP contribution in [0.1, 0.15) is 18.5 Å². The van der Waals surface area contributed by atoms with Crippen molar-refractivity contribution in [2.45, 2.75) is 25.4 Å². The van der Waals surface area contributed by atoms with Crippen molar-refractivity contribution in [3.8, 4) is 11.3 Å². The molecule has 3 heterocycles. The first-order valence-corrected chi connectivity index (χ1v) is 10.1. The zero-order chi connectivity index (χ0) is 17.8. The van der Waals surface area contributed by atoms with Crippen molar-refractivity contribution in [3.05, 3.63) is 65.2 Å². The van der Waals surface area contributed by atoms with Crippen LogP contribution in [0.5, 0.6) is 0 Å². The van der Waals surface area contributed by atoms with Gasteiger partial charge in [-0.1, -0.05) is 18.2 Å². The minimum Gasteiger partial charge on any atom is -0.371 e. The molecular weight excluding hydrogens is 340 g/mol. The maximum Gasteiger partial charge on any atom is 0.0811 e. The van der Waals surface area contributed by atoms with Crippen LogP contribution in [-0.2, 0) is 6.54 Å². The molecule has 4 nitrogen and oxygen atoms in total. The van der Waals surface area contributed by atoms with Crippen molar-refractivity contribution < 1.29 is 0 Å². The highest BCUT2D eigenvalue weighted by molar-refractivity contribution is 7.07. The molecule has 0 unspecified atom stereocenters. The van der Waals surface area contributed by atoms with Gasteiger partial charge in [0, 0.05) is 48.5 Å². The summed E-state index contributed by atoms with van der Waals surface area (Å²) in [5.41, 5.74) is 6.61. The number of pyridine rings is 1. The normalized spacial score (nSPS) is 15.5. The lowest BCUT2D eigenvalue weighted by molar-refractivity contribution is 0.198. The lowest BCUT2D eigenvalue weighted by Crippen LogP contribution is -2.43. The van der Waals surface area contributed by atoms with E-state index in [1.807, 2.05) is 17.8 Å². The van der Waals surface area contributed by atoms with Gasteiger partial charge in [0.25, 0.3) is 0 Å². The molecule has 0 saturated carbocycles. The fourth-order valence-corrected chi connectivity index (χ4v) is 4.20. The Kier molecular flexibility index (Phi) is 5.27. The Hall–Kier alpha value is -2.24. The van der Waals surface area contributed by atoms with Crippen molar-refractivity contribution >= 4 is 17.0 Å². The molecule has 5 heteroatoms. The first kappa shape index (κ1) is 17.2. The van der Waals surface area contributed by atoms with E-state index in [0.29, 0.717) is 6.04 Å². The lowest BCUT2D eigenvalue weighted by Gasteiger charge is -2.37. The maximum absolute atomic E-state index is 4.45. The minimum atomic E-state index is 0.627. The van der Waals surface area contributed by atoms with Gasteiger partial charge in [-0.3, -0.25) is 9.88 Å². The van der Waals surface area contributed by atoms with Crippen LogP contribution >= 0.6 is 11.3 Å². The second-order valence-electron chi connectivity index (χ2n) is 6.87. The van der Waals surface area contributed by atoms with Crippen LogP contribution in [0.25, 0.3) is 11.3 Å². The number of hydrogen-bond acceptors (Lipinski definition) is 5. The van der Waals surface area contributed by atoms with Crippen LogP contribution in [0.15, 0.2) is 59.6 Å². The summed E-state index contributed by atoms with van der Waals surface area (Å²) in [6.45, 7) is 3.13. The van der Waals surface area contributed by atoms with Crippen molar-refractivity contribution in [1.82, 2.24) is 14.9 Å². The first-order chi connectivity index (χ1) is 12.8. The maximum atomic E-state index is 4.45. The molecular formula is C21H24N4S. The fraction of sp³-hybridized carbons (Fsp3) is 0.333. The van der Waals surface area contributed by atoms with Gasteiger partial charge in [0.15, 0.2) is 0 Å². The summed E-state index contributed by atoms with van der Waals surface area (Å²) in [6, 6.07) is 15.6. The number of nitrogens with zero attached hydrogens (tertiary/aromatic N) is 4. The molecule has 2 aromatic heterocycles. The Morgan fingerprint density at radius 3 is 2.54 bits per heavy atom. The topological polar surface area (TPSA) is 32.3 Å². The third-order valence-corrected chi connectivity index (χ3v) is 5.77. The number of piperidine rings is 1. The average molecular weight is 365 g/mol. The molecule has 1 fully saturated rings. The van der Waals surface area contributed by atoms with Gasteiger partial charge in [-0.25, -0.2) is 4.98 Å². The molecule has 0 amide bonds. The number of aromatic nitrogens is 2. The van der Waals surface area contributed by atoms with E-state index in [1.165, 1.54) is 24.1 Å². The monoisotopic (exact) mass is 364 g/mol. The average Bonchev–Trinajstić information content (AvgIpc) is 3.24. The Morgan fingerprint density at radius 2 is 1.88 bits per heavy atom. The van der Waals surface area contributed by atoms with E-state index in [2.05, 4.69) is 68.6 Å². The predicted molar refractivity (Wildman–Crippen MR) is 108 cm³/mol. The summed E-state index contributed by atoms with van der Waals surface area (Å²) >= 11 is 1.64. The Bertz CT molecular complexity index is 794. The van der Waals surface area contributed by atoms with Crippen LogP contribution in [0.3, 0.4) is 0 Å². The predicted octanol–water partition coefficient (Wildman–Crippen LogP) is 4.31. The molecule has 26 heavy (non-hydrogen) atoms. The van der Waals surface area contributed by atoms with Gasteiger partial charge < -0.3 is 4.90 Å². The molecule has 1 aliphatic rings. The highest BCUT2D eigenvalue weighted by atomic mass is 32.1. The van der Waals surface area contributed by atoms with E-state index >= 15 is 0 Å². The van der Waals surface area contributed by atoms with Crippen LogP contribution in [0.4, 0.5) is 5.69 Å². The molecule has 1 aliphatic heterocycles. The molecule has 0 atom stereocenters. The summed E-state index contributed by atoms with van der Waals surface area (Å²) in [5.74, 6) is 0. The quantitative estimate of drug-likeness (QED) is 0.675. The molecule has 0 aliphatic carbocycles. The van der Waals surface area contributed by atoms with Gasteiger partial charge in [-0.2, -0.15) is 0 Å².